The summed E-state index contributed by atoms with van der Waals surface area (Å²) in [6, 6.07) is 5.07. The summed E-state index contributed by atoms with van der Waals surface area (Å²) in [5.41, 5.74) is 2.73. The Balaban J connectivity index is 1.60. The molecule has 0 aromatic carbocycles. The van der Waals surface area contributed by atoms with Gasteiger partial charge in [-0.1, -0.05) is 6.08 Å². The van der Waals surface area contributed by atoms with E-state index in [0.29, 0.717) is 0 Å². The van der Waals surface area contributed by atoms with Crippen LogP contribution in [0.1, 0.15) is 24.8 Å². The molecule has 0 saturated heterocycles. The highest BCUT2D eigenvalue weighted by Crippen LogP contribution is 2.21. The van der Waals surface area contributed by atoms with Crippen LogP contribution < -0.4 is 10.2 Å². The molecule has 1 fully saturated rings. The van der Waals surface area contributed by atoms with Crippen LogP contribution in [0.25, 0.3) is 0 Å². The molecule has 20 heavy (non-hydrogen) atoms. The third-order valence-electron chi connectivity index (χ3n) is 3.94. The van der Waals surface area contributed by atoms with Crippen LogP contribution in [0.4, 0.5) is 5.82 Å². The Morgan fingerprint density at radius 1 is 1.45 bits per heavy atom. The van der Waals surface area contributed by atoms with Gasteiger partial charge < -0.3 is 15.0 Å². The molecule has 1 aromatic heterocycles. The molecule has 0 atom stereocenters. The average Bonchev–Trinajstić information content (AvgIpc) is 3.31. The zero-order valence-electron chi connectivity index (χ0n) is 12.1. The van der Waals surface area contributed by atoms with Gasteiger partial charge in [-0.2, -0.15) is 0 Å². The van der Waals surface area contributed by atoms with E-state index >= 15 is 0 Å². The van der Waals surface area contributed by atoms with Gasteiger partial charge in [0.25, 0.3) is 0 Å². The first kappa shape index (κ1) is 13.6. The van der Waals surface area contributed by atoms with Crippen molar-refractivity contribution in [2.75, 3.05) is 31.7 Å². The molecule has 1 N–H and O–H groups in total. The van der Waals surface area contributed by atoms with Crippen LogP contribution in [0.15, 0.2) is 30.0 Å². The van der Waals surface area contributed by atoms with Gasteiger partial charge in [-0.25, -0.2) is 4.98 Å². The number of aromatic nitrogens is 1. The maximum Gasteiger partial charge on any atom is 0.129 e. The van der Waals surface area contributed by atoms with E-state index in [9.17, 15) is 0 Å². The van der Waals surface area contributed by atoms with E-state index in [1.807, 2.05) is 6.20 Å². The number of hydrogen-bond donors (Lipinski definition) is 1. The normalized spacial score (nSPS) is 19.1. The summed E-state index contributed by atoms with van der Waals surface area (Å²) in [5.74, 6) is 1.09. The zero-order chi connectivity index (χ0) is 13.8. The van der Waals surface area contributed by atoms with Crippen molar-refractivity contribution in [3.05, 3.63) is 35.5 Å². The van der Waals surface area contributed by atoms with Crippen molar-refractivity contribution in [3.8, 4) is 0 Å². The third-order valence-corrected chi connectivity index (χ3v) is 3.94. The largest absolute Gasteiger partial charge is 0.380 e. The molecule has 0 spiro atoms. The van der Waals surface area contributed by atoms with Gasteiger partial charge in [0.2, 0.25) is 0 Å². The van der Waals surface area contributed by atoms with Crippen LogP contribution in [0.2, 0.25) is 0 Å². The van der Waals surface area contributed by atoms with Crippen molar-refractivity contribution in [2.45, 2.75) is 31.8 Å². The molecular formula is C16H23N3O. The van der Waals surface area contributed by atoms with Crippen molar-refractivity contribution >= 4 is 5.82 Å². The quantitative estimate of drug-likeness (QED) is 0.806. The van der Waals surface area contributed by atoms with Crippen molar-refractivity contribution < 1.29 is 4.74 Å². The molecule has 4 heteroatoms. The molecule has 1 saturated carbocycles. The number of nitrogens with zero attached hydrogens (tertiary/aromatic N) is 2. The maximum atomic E-state index is 5.19. The van der Waals surface area contributed by atoms with Crippen LogP contribution >= 0.6 is 0 Å². The first-order valence-corrected chi connectivity index (χ1v) is 7.45. The van der Waals surface area contributed by atoms with Gasteiger partial charge in [0.15, 0.2) is 0 Å². The molecule has 0 amide bonds. The van der Waals surface area contributed by atoms with Gasteiger partial charge in [-0.15, -0.1) is 0 Å². The second-order valence-electron chi connectivity index (χ2n) is 5.67. The van der Waals surface area contributed by atoms with E-state index in [0.717, 1.165) is 44.5 Å². The van der Waals surface area contributed by atoms with E-state index in [1.54, 1.807) is 7.11 Å². The fourth-order valence-corrected chi connectivity index (χ4v) is 2.53. The molecule has 1 aliphatic heterocycles. The summed E-state index contributed by atoms with van der Waals surface area (Å²) in [6.07, 6.45) is 7.92. The molecule has 1 aliphatic carbocycles. The molecule has 2 aliphatic rings. The molecule has 4 nitrogen and oxygen atoms in total. The van der Waals surface area contributed by atoms with E-state index in [2.05, 4.69) is 33.4 Å². The summed E-state index contributed by atoms with van der Waals surface area (Å²) in [7, 11) is 1.76. The van der Waals surface area contributed by atoms with Gasteiger partial charge in [-0.3, -0.25) is 0 Å². The smallest absolute Gasteiger partial charge is 0.129 e. The highest BCUT2D eigenvalue weighted by Gasteiger charge is 2.20. The molecule has 0 radical (unpaired) electrons. The highest BCUT2D eigenvalue weighted by atomic mass is 16.5. The van der Waals surface area contributed by atoms with Gasteiger partial charge in [0, 0.05) is 39.0 Å². The molecule has 2 heterocycles. The van der Waals surface area contributed by atoms with Crippen LogP contribution in [0, 0.1) is 0 Å². The van der Waals surface area contributed by atoms with Gasteiger partial charge in [-0.05, 0) is 42.5 Å². The topological polar surface area (TPSA) is 37.4 Å². The minimum Gasteiger partial charge on any atom is -0.380 e. The van der Waals surface area contributed by atoms with Crippen molar-refractivity contribution in [3.63, 3.8) is 0 Å². The summed E-state index contributed by atoms with van der Waals surface area (Å²) in [6.45, 7) is 3.68. The molecule has 0 bridgehead atoms. The lowest BCUT2D eigenvalue weighted by atomic mass is 10.1. The minimum atomic E-state index is 0.751. The molecule has 3 rings (SSSR count). The monoisotopic (exact) mass is 273 g/mol. The van der Waals surface area contributed by atoms with Crippen LogP contribution in [0.3, 0.4) is 0 Å². The Labute approximate surface area is 120 Å². The highest BCUT2D eigenvalue weighted by molar-refractivity contribution is 5.43. The molecular weight excluding hydrogens is 250 g/mol. The van der Waals surface area contributed by atoms with E-state index in [4.69, 9.17) is 4.74 Å². The lowest BCUT2D eigenvalue weighted by Gasteiger charge is -2.27. The number of methoxy groups -OCH3 is 1. The standard InChI is InChI=1S/C16H23N3O/c1-20-12-13-5-8-19(9-6-13)16-10-14(4-7-17-16)11-18-15-2-3-15/h4-5,7,10,15,18H,2-3,6,8-9,11-12H2,1H3. The van der Waals surface area contributed by atoms with Crippen LogP contribution in [0.5, 0.6) is 0 Å². The Morgan fingerprint density at radius 2 is 2.35 bits per heavy atom. The van der Waals surface area contributed by atoms with Crippen LogP contribution in [-0.4, -0.2) is 37.8 Å². The minimum absolute atomic E-state index is 0.751. The van der Waals surface area contributed by atoms with E-state index in [-0.39, 0.29) is 0 Å². The summed E-state index contributed by atoms with van der Waals surface area (Å²) in [5, 5.41) is 3.55. The van der Waals surface area contributed by atoms with Gasteiger partial charge >= 0.3 is 0 Å². The zero-order valence-corrected chi connectivity index (χ0v) is 12.1. The summed E-state index contributed by atoms with van der Waals surface area (Å²) < 4.78 is 5.19. The fraction of sp³-hybridized carbons (Fsp3) is 0.562. The Kier molecular flexibility index (Phi) is 4.33. The number of pyridine rings is 1. The second kappa shape index (κ2) is 6.37. The predicted molar refractivity (Wildman–Crippen MR) is 80.9 cm³/mol. The first-order chi connectivity index (χ1) is 9.85. The third kappa shape index (κ3) is 3.58. The second-order valence-corrected chi connectivity index (χ2v) is 5.67. The van der Waals surface area contributed by atoms with Crippen molar-refractivity contribution in [1.82, 2.24) is 10.3 Å². The fourth-order valence-electron chi connectivity index (χ4n) is 2.53. The summed E-state index contributed by atoms with van der Waals surface area (Å²) in [4.78, 5) is 6.85. The first-order valence-electron chi connectivity index (χ1n) is 7.45. The summed E-state index contributed by atoms with van der Waals surface area (Å²) >= 11 is 0. The van der Waals surface area contributed by atoms with E-state index in [1.165, 1.54) is 24.0 Å². The molecule has 1 aromatic rings. The average molecular weight is 273 g/mol. The SMILES string of the molecule is COCC1=CCN(c2cc(CNC3CC3)ccn2)CC1. The number of nitrogens with one attached hydrogen (secondary N) is 1. The van der Waals surface area contributed by atoms with Gasteiger partial charge in [0.05, 0.1) is 6.61 Å². The Hall–Kier alpha value is -1.39. The van der Waals surface area contributed by atoms with Crippen LogP contribution in [-0.2, 0) is 11.3 Å². The predicted octanol–water partition coefficient (Wildman–Crippen LogP) is 2.12. The number of rotatable bonds is 6. The van der Waals surface area contributed by atoms with E-state index < -0.39 is 0 Å². The van der Waals surface area contributed by atoms with Crippen molar-refractivity contribution in [2.24, 2.45) is 0 Å². The number of anilines is 1. The lowest BCUT2D eigenvalue weighted by Crippen LogP contribution is -2.30. The Bertz CT molecular complexity index is 482. The number of ether oxygens (including phenoxy) is 1. The maximum absolute atomic E-state index is 5.19. The van der Waals surface area contributed by atoms with Gasteiger partial charge in [0.1, 0.15) is 5.82 Å². The van der Waals surface area contributed by atoms with Crippen molar-refractivity contribution in [1.29, 1.82) is 0 Å². The number of hydrogen-bond acceptors (Lipinski definition) is 4. The molecule has 108 valence electrons. The molecule has 0 unspecified atom stereocenters. The Morgan fingerprint density at radius 3 is 3.05 bits per heavy atom. The lowest BCUT2D eigenvalue weighted by molar-refractivity contribution is 0.222.